The number of hydrogen-bond donors (Lipinski definition) is 2. The number of rotatable bonds is 10. The number of hydrogen-bond acceptors (Lipinski definition) is 5. The Bertz CT molecular complexity index is 957. The Morgan fingerprint density at radius 1 is 0.889 bits per heavy atom. The lowest BCUT2D eigenvalue weighted by Gasteiger charge is -2.36. The fourth-order valence-electron chi connectivity index (χ4n) is 5.20. The molecule has 2 aliphatic rings. The van der Waals surface area contributed by atoms with Crippen molar-refractivity contribution in [3.05, 3.63) is 60.2 Å². The summed E-state index contributed by atoms with van der Waals surface area (Å²) in [5.41, 5.74) is 3.41. The van der Waals surface area contributed by atoms with E-state index < -0.39 is 0 Å². The van der Waals surface area contributed by atoms with Gasteiger partial charge in [-0.3, -0.25) is 19.4 Å². The predicted octanol–water partition coefficient (Wildman–Crippen LogP) is 3.58. The molecule has 7 heteroatoms. The SMILES string of the molecule is CCCC(=O)NCC1CCCN(CC(=O)Nc2ccc(N3CCN(Cc4ccccc4)CC3)cc2)C1. The molecule has 7 nitrogen and oxygen atoms in total. The molecule has 2 aromatic carbocycles. The molecule has 0 spiro atoms. The molecule has 2 aliphatic heterocycles. The Kier molecular flexibility index (Phi) is 9.76. The number of anilines is 2. The zero-order chi connectivity index (χ0) is 25.2. The highest BCUT2D eigenvalue weighted by molar-refractivity contribution is 5.92. The lowest BCUT2D eigenvalue weighted by atomic mass is 9.98. The van der Waals surface area contributed by atoms with Gasteiger partial charge >= 0.3 is 0 Å². The van der Waals surface area contributed by atoms with E-state index in [-0.39, 0.29) is 11.8 Å². The van der Waals surface area contributed by atoms with Crippen molar-refractivity contribution in [1.29, 1.82) is 0 Å². The molecule has 2 heterocycles. The van der Waals surface area contributed by atoms with Crippen molar-refractivity contribution in [1.82, 2.24) is 15.1 Å². The molecule has 2 N–H and O–H groups in total. The van der Waals surface area contributed by atoms with E-state index in [1.165, 1.54) is 11.3 Å². The van der Waals surface area contributed by atoms with E-state index in [1.807, 2.05) is 19.1 Å². The van der Waals surface area contributed by atoms with Gasteiger partial charge in [-0.2, -0.15) is 0 Å². The number of carbonyl (C=O) groups is 2. The van der Waals surface area contributed by atoms with Crippen molar-refractivity contribution < 1.29 is 9.59 Å². The van der Waals surface area contributed by atoms with Gasteiger partial charge in [-0.05, 0) is 61.6 Å². The molecule has 2 saturated heterocycles. The monoisotopic (exact) mass is 491 g/mol. The third-order valence-corrected chi connectivity index (χ3v) is 7.17. The van der Waals surface area contributed by atoms with Crippen LogP contribution >= 0.6 is 0 Å². The van der Waals surface area contributed by atoms with Crippen molar-refractivity contribution >= 4 is 23.2 Å². The summed E-state index contributed by atoms with van der Waals surface area (Å²) in [6.45, 7) is 10.0. The van der Waals surface area contributed by atoms with Crippen LogP contribution in [0, 0.1) is 5.92 Å². The minimum atomic E-state index is 0.0212. The van der Waals surface area contributed by atoms with E-state index in [4.69, 9.17) is 0 Å². The summed E-state index contributed by atoms with van der Waals surface area (Å²) >= 11 is 0. The van der Waals surface area contributed by atoms with E-state index in [2.05, 4.69) is 67.8 Å². The Morgan fingerprint density at radius 3 is 2.36 bits per heavy atom. The van der Waals surface area contributed by atoms with Gasteiger partial charge in [0.05, 0.1) is 6.54 Å². The van der Waals surface area contributed by atoms with E-state index in [0.29, 0.717) is 25.4 Å². The smallest absolute Gasteiger partial charge is 0.238 e. The predicted molar refractivity (Wildman–Crippen MR) is 146 cm³/mol. The van der Waals surface area contributed by atoms with Gasteiger partial charge in [-0.25, -0.2) is 0 Å². The summed E-state index contributed by atoms with van der Waals surface area (Å²) in [6.07, 6.45) is 3.62. The molecular formula is C29H41N5O2. The maximum absolute atomic E-state index is 12.7. The van der Waals surface area contributed by atoms with Crippen LogP contribution in [-0.2, 0) is 16.1 Å². The quantitative estimate of drug-likeness (QED) is 0.532. The van der Waals surface area contributed by atoms with Crippen LogP contribution in [0.5, 0.6) is 0 Å². The second-order valence-corrected chi connectivity index (χ2v) is 10.1. The second kappa shape index (κ2) is 13.4. The molecule has 0 bridgehead atoms. The van der Waals surface area contributed by atoms with Crippen LogP contribution < -0.4 is 15.5 Å². The van der Waals surface area contributed by atoms with Crippen LogP contribution in [-0.4, -0.2) is 74.0 Å². The Balaban J connectivity index is 1.18. The molecule has 1 atom stereocenters. The molecular weight excluding hydrogens is 450 g/mol. The first-order valence-electron chi connectivity index (χ1n) is 13.5. The molecule has 4 rings (SSSR count). The third kappa shape index (κ3) is 8.07. The van der Waals surface area contributed by atoms with Gasteiger partial charge < -0.3 is 15.5 Å². The molecule has 1 unspecified atom stereocenters. The molecule has 0 aromatic heterocycles. The molecule has 194 valence electrons. The van der Waals surface area contributed by atoms with Crippen molar-refractivity contribution in [2.75, 3.05) is 62.6 Å². The Hall–Kier alpha value is -2.90. The van der Waals surface area contributed by atoms with Gasteiger partial charge in [0.2, 0.25) is 11.8 Å². The molecule has 0 saturated carbocycles. The van der Waals surface area contributed by atoms with E-state index in [1.54, 1.807) is 0 Å². The minimum Gasteiger partial charge on any atom is -0.369 e. The highest BCUT2D eigenvalue weighted by atomic mass is 16.2. The van der Waals surface area contributed by atoms with Crippen LogP contribution in [0.4, 0.5) is 11.4 Å². The number of likely N-dealkylation sites (tertiary alicyclic amines) is 1. The lowest BCUT2D eigenvalue weighted by Crippen LogP contribution is -2.45. The molecule has 0 radical (unpaired) electrons. The van der Waals surface area contributed by atoms with Gasteiger partial charge in [0, 0.05) is 63.6 Å². The first-order chi connectivity index (χ1) is 17.6. The highest BCUT2D eigenvalue weighted by Crippen LogP contribution is 2.21. The van der Waals surface area contributed by atoms with Crippen LogP contribution in [0.25, 0.3) is 0 Å². The van der Waals surface area contributed by atoms with E-state index in [0.717, 1.165) is 70.8 Å². The second-order valence-electron chi connectivity index (χ2n) is 10.1. The maximum atomic E-state index is 12.7. The zero-order valence-electron chi connectivity index (χ0n) is 21.6. The van der Waals surface area contributed by atoms with E-state index >= 15 is 0 Å². The summed E-state index contributed by atoms with van der Waals surface area (Å²) < 4.78 is 0. The average Bonchev–Trinajstić information content (AvgIpc) is 2.89. The summed E-state index contributed by atoms with van der Waals surface area (Å²) in [5.74, 6) is 0.567. The summed E-state index contributed by atoms with van der Waals surface area (Å²) in [6, 6.07) is 18.9. The molecule has 2 amide bonds. The van der Waals surface area contributed by atoms with Gasteiger partial charge in [-0.15, -0.1) is 0 Å². The van der Waals surface area contributed by atoms with Crippen molar-refractivity contribution in [3.63, 3.8) is 0 Å². The number of piperidine rings is 1. The van der Waals surface area contributed by atoms with Gasteiger partial charge in [0.1, 0.15) is 0 Å². The summed E-state index contributed by atoms with van der Waals surface area (Å²) in [7, 11) is 0. The number of nitrogens with one attached hydrogen (secondary N) is 2. The lowest BCUT2D eigenvalue weighted by molar-refractivity contribution is -0.121. The third-order valence-electron chi connectivity index (χ3n) is 7.17. The van der Waals surface area contributed by atoms with Crippen LogP contribution in [0.1, 0.15) is 38.2 Å². The van der Waals surface area contributed by atoms with Crippen LogP contribution in [0.2, 0.25) is 0 Å². The number of piperazine rings is 1. The van der Waals surface area contributed by atoms with Gasteiger partial charge in [0.25, 0.3) is 0 Å². The van der Waals surface area contributed by atoms with Gasteiger partial charge in [0.15, 0.2) is 0 Å². The summed E-state index contributed by atoms with van der Waals surface area (Å²) in [4.78, 5) is 31.6. The first-order valence-corrected chi connectivity index (χ1v) is 13.5. The Morgan fingerprint density at radius 2 is 1.64 bits per heavy atom. The maximum Gasteiger partial charge on any atom is 0.238 e. The summed E-state index contributed by atoms with van der Waals surface area (Å²) in [5, 5.41) is 6.10. The minimum absolute atomic E-state index is 0.0212. The zero-order valence-corrected chi connectivity index (χ0v) is 21.6. The highest BCUT2D eigenvalue weighted by Gasteiger charge is 2.22. The number of amides is 2. The van der Waals surface area contributed by atoms with E-state index in [9.17, 15) is 9.59 Å². The molecule has 2 aromatic rings. The topological polar surface area (TPSA) is 67.9 Å². The van der Waals surface area contributed by atoms with Crippen LogP contribution in [0.15, 0.2) is 54.6 Å². The normalized spacial score (nSPS) is 19.1. The number of nitrogens with zero attached hydrogens (tertiary/aromatic N) is 3. The van der Waals surface area contributed by atoms with Crippen molar-refractivity contribution in [2.24, 2.45) is 5.92 Å². The first kappa shape index (κ1) is 26.2. The fourth-order valence-corrected chi connectivity index (χ4v) is 5.20. The Labute approximate surface area is 215 Å². The molecule has 36 heavy (non-hydrogen) atoms. The number of benzene rings is 2. The number of carbonyl (C=O) groups excluding carboxylic acids is 2. The largest absolute Gasteiger partial charge is 0.369 e. The average molecular weight is 492 g/mol. The van der Waals surface area contributed by atoms with Crippen molar-refractivity contribution in [2.45, 2.75) is 39.2 Å². The molecule has 0 aliphatic carbocycles. The van der Waals surface area contributed by atoms with Crippen LogP contribution in [0.3, 0.4) is 0 Å². The fraction of sp³-hybridized carbons (Fsp3) is 0.517. The molecule has 2 fully saturated rings. The van der Waals surface area contributed by atoms with Gasteiger partial charge in [-0.1, -0.05) is 37.3 Å². The standard InChI is InChI=1S/C29H41N5O2/c1-2-7-28(35)30-20-25-10-6-15-33(22-25)23-29(36)31-26-11-13-27(14-12-26)34-18-16-32(17-19-34)21-24-8-4-3-5-9-24/h3-5,8-9,11-14,25H,2,6-7,10,15-23H2,1H3,(H,30,35)(H,31,36). The van der Waals surface area contributed by atoms with Crippen molar-refractivity contribution in [3.8, 4) is 0 Å².